The predicted molar refractivity (Wildman–Crippen MR) is 90.6 cm³/mol. The third-order valence-electron chi connectivity index (χ3n) is 4.96. The lowest BCUT2D eigenvalue weighted by Gasteiger charge is -2.27. The Morgan fingerprint density at radius 3 is 3.00 bits per heavy atom. The number of fused-ring (bicyclic) bond motifs is 1. The van der Waals surface area contributed by atoms with Crippen LogP contribution in [0.1, 0.15) is 30.7 Å². The molecule has 1 aromatic carbocycles. The second kappa shape index (κ2) is 6.86. The largest absolute Gasteiger partial charge is 0.493 e. The summed E-state index contributed by atoms with van der Waals surface area (Å²) in [5.41, 5.74) is 0.411. The number of nitrogens with zero attached hydrogens (tertiary/aromatic N) is 3. The maximum Gasteiger partial charge on any atom is 0.227 e. The van der Waals surface area contributed by atoms with Gasteiger partial charge in [-0.25, -0.2) is 9.37 Å². The highest BCUT2D eigenvalue weighted by Gasteiger charge is 2.23. The third-order valence-corrected chi connectivity index (χ3v) is 4.96. The smallest absolute Gasteiger partial charge is 0.227 e. The molecule has 1 aliphatic heterocycles. The van der Waals surface area contributed by atoms with Crippen LogP contribution in [0.3, 0.4) is 0 Å². The van der Waals surface area contributed by atoms with Crippen LogP contribution in [0.2, 0.25) is 0 Å². The monoisotopic (exact) mass is 343 g/mol. The number of carbonyl (C=O) groups excluding carboxylic acids is 1. The molecule has 5 nitrogen and oxygen atoms in total. The van der Waals surface area contributed by atoms with Gasteiger partial charge < -0.3 is 14.2 Å². The van der Waals surface area contributed by atoms with Gasteiger partial charge in [0.2, 0.25) is 5.91 Å². The summed E-state index contributed by atoms with van der Waals surface area (Å²) >= 11 is 0. The SMILES string of the molecule is O=C(Cc1ccc(OCCC2CC2)cc1F)N1CCn2ccnc2C1. The first-order valence-electron chi connectivity index (χ1n) is 8.88. The molecule has 1 saturated carbocycles. The third kappa shape index (κ3) is 3.83. The Morgan fingerprint density at radius 2 is 2.20 bits per heavy atom. The Bertz CT molecular complexity index is 770. The van der Waals surface area contributed by atoms with Gasteiger partial charge in [0.05, 0.1) is 19.6 Å². The molecule has 0 radical (unpaired) electrons. The van der Waals surface area contributed by atoms with E-state index >= 15 is 0 Å². The van der Waals surface area contributed by atoms with E-state index in [2.05, 4.69) is 4.98 Å². The number of imidazole rings is 1. The molecule has 0 spiro atoms. The maximum atomic E-state index is 14.3. The highest BCUT2D eigenvalue weighted by molar-refractivity contribution is 5.79. The molecule has 2 heterocycles. The van der Waals surface area contributed by atoms with Crippen LogP contribution in [0.5, 0.6) is 5.75 Å². The number of benzene rings is 1. The minimum atomic E-state index is -0.379. The fraction of sp³-hybridized carbons (Fsp3) is 0.474. The van der Waals surface area contributed by atoms with E-state index in [9.17, 15) is 9.18 Å². The van der Waals surface area contributed by atoms with Crippen LogP contribution >= 0.6 is 0 Å². The fourth-order valence-corrected chi connectivity index (χ4v) is 3.17. The van der Waals surface area contributed by atoms with Crippen LogP contribution in [0.4, 0.5) is 4.39 Å². The van der Waals surface area contributed by atoms with Crippen molar-refractivity contribution < 1.29 is 13.9 Å². The molecule has 25 heavy (non-hydrogen) atoms. The minimum Gasteiger partial charge on any atom is -0.493 e. The van der Waals surface area contributed by atoms with Crippen molar-refractivity contribution in [2.45, 2.75) is 38.8 Å². The van der Waals surface area contributed by atoms with Gasteiger partial charge in [-0.15, -0.1) is 0 Å². The van der Waals surface area contributed by atoms with E-state index < -0.39 is 0 Å². The number of aromatic nitrogens is 2. The molecule has 1 fully saturated rings. The molecule has 1 aromatic heterocycles. The summed E-state index contributed by atoms with van der Waals surface area (Å²) in [6.45, 7) is 2.47. The molecule has 2 aromatic rings. The summed E-state index contributed by atoms with van der Waals surface area (Å²) in [5, 5.41) is 0. The van der Waals surface area contributed by atoms with E-state index in [1.165, 1.54) is 18.9 Å². The number of hydrogen-bond donors (Lipinski definition) is 0. The zero-order chi connectivity index (χ0) is 17.2. The lowest BCUT2D eigenvalue weighted by atomic mass is 10.1. The van der Waals surface area contributed by atoms with E-state index in [1.807, 2.05) is 10.8 Å². The number of hydrogen-bond acceptors (Lipinski definition) is 3. The molecule has 1 aliphatic carbocycles. The van der Waals surface area contributed by atoms with E-state index in [0.29, 0.717) is 31.0 Å². The summed E-state index contributed by atoms with van der Waals surface area (Å²) in [6.07, 6.45) is 7.33. The summed E-state index contributed by atoms with van der Waals surface area (Å²) in [6, 6.07) is 4.80. The average molecular weight is 343 g/mol. The minimum absolute atomic E-state index is 0.0644. The van der Waals surface area contributed by atoms with Gasteiger partial charge in [0.1, 0.15) is 17.4 Å². The van der Waals surface area contributed by atoms with Crippen molar-refractivity contribution in [1.29, 1.82) is 0 Å². The molecule has 0 unspecified atom stereocenters. The van der Waals surface area contributed by atoms with Crippen LogP contribution in [0.25, 0.3) is 0 Å². The van der Waals surface area contributed by atoms with Gasteiger partial charge in [0.25, 0.3) is 0 Å². The van der Waals surface area contributed by atoms with Crippen LogP contribution in [-0.4, -0.2) is 33.5 Å². The lowest BCUT2D eigenvalue weighted by Crippen LogP contribution is -2.39. The van der Waals surface area contributed by atoms with Crippen molar-refractivity contribution in [3.8, 4) is 5.75 Å². The Kier molecular flexibility index (Phi) is 4.42. The quantitative estimate of drug-likeness (QED) is 0.810. The average Bonchev–Trinajstić information content (AvgIpc) is 3.31. The first kappa shape index (κ1) is 16.1. The molecule has 6 heteroatoms. The van der Waals surface area contributed by atoms with E-state index in [-0.39, 0.29) is 18.1 Å². The number of halogens is 1. The molecule has 0 bridgehead atoms. The van der Waals surface area contributed by atoms with Crippen molar-refractivity contribution in [3.05, 3.63) is 47.8 Å². The number of rotatable bonds is 6. The molecule has 132 valence electrons. The van der Waals surface area contributed by atoms with Crippen molar-refractivity contribution in [2.75, 3.05) is 13.2 Å². The molecular formula is C19H22FN3O2. The first-order valence-corrected chi connectivity index (χ1v) is 8.88. The Balaban J connectivity index is 1.34. The zero-order valence-corrected chi connectivity index (χ0v) is 14.2. The lowest BCUT2D eigenvalue weighted by molar-refractivity contribution is -0.132. The van der Waals surface area contributed by atoms with Crippen molar-refractivity contribution in [1.82, 2.24) is 14.5 Å². The van der Waals surface area contributed by atoms with Gasteiger partial charge in [0.15, 0.2) is 0 Å². The fourth-order valence-electron chi connectivity index (χ4n) is 3.17. The second-order valence-electron chi connectivity index (χ2n) is 6.86. The predicted octanol–water partition coefficient (Wildman–Crippen LogP) is 2.79. The molecule has 4 rings (SSSR count). The van der Waals surface area contributed by atoms with Gasteiger partial charge in [-0.05, 0) is 24.0 Å². The molecule has 2 aliphatic rings. The normalized spacial score (nSPS) is 16.6. The highest BCUT2D eigenvalue weighted by Crippen LogP contribution is 2.32. The summed E-state index contributed by atoms with van der Waals surface area (Å²) in [7, 11) is 0. The topological polar surface area (TPSA) is 47.4 Å². The Hall–Kier alpha value is -2.37. The van der Waals surface area contributed by atoms with Gasteiger partial charge in [0, 0.05) is 31.5 Å². The summed E-state index contributed by atoms with van der Waals surface area (Å²) in [5.74, 6) is 1.75. The zero-order valence-electron chi connectivity index (χ0n) is 14.2. The van der Waals surface area contributed by atoms with Crippen LogP contribution in [-0.2, 0) is 24.3 Å². The van der Waals surface area contributed by atoms with Gasteiger partial charge in [-0.2, -0.15) is 0 Å². The maximum absolute atomic E-state index is 14.3. The van der Waals surface area contributed by atoms with Crippen molar-refractivity contribution in [2.24, 2.45) is 5.92 Å². The van der Waals surface area contributed by atoms with Gasteiger partial charge in [-0.1, -0.05) is 18.9 Å². The van der Waals surface area contributed by atoms with Crippen LogP contribution in [0, 0.1) is 11.7 Å². The Morgan fingerprint density at radius 1 is 1.32 bits per heavy atom. The summed E-state index contributed by atoms with van der Waals surface area (Å²) < 4.78 is 21.9. The molecule has 1 amide bonds. The first-order chi connectivity index (χ1) is 12.2. The van der Waals surface area contributed by atoms with Crippen molar-refractivity contribution >= 4 is 5.91 Å². The number of carbonyl (C=O) groups is 1. The van der Waals surface area contributed by atoms with E-state index in [4.69, 9.17) is 4.74 Å². The summed E-state index contributed by atoms with van der Waals surface area (Å²) in [4.78, 5) is 18.5. The molecule has 0 saturated heterocycles. The highest BCUT2D eigenvalue weighted by atomic mass is 19.1. The van der Waals surface area contributed by atoms with Crippen LogP contribution < -0.4 is 4.74 Å². The van der Waals surface area contributed by atoms with Gasteiger partial charge in [-0.3, -0.25) is 4.79 Å². The molecular weight excluding hydrogens is 321 g/mol. The number of amides is 1. The van der Waals surface area contributed by atoms with E-state index in [1.54, 1.807) is 23.2 Å². The van der Waals surface area contributed by atoms with Gasteiger partial charge >= 0.3 is 0 Å². The standard InChI is InChI=1S/C19H22FN3O2/c20-17-12-16(25-10-5-14-1-2-14)4-3-15(17)11-19(24)23-9-8-22-7-6-21-18(22)13-23/h3-4,6-7,12,14H,1-2,5,8-11,13H2. The number of ether oxygens (including phenoxy) is 1. The van der Waals surface area contributed by atoms with Crippen molar-refractivity contribution in [3.63, 3.8) is 0 Å². The second-order valence-corrected chi connectivity index (χ2v) is 6.86. The molecule has 0 N–H and O–H groups in total. The Labute approximate surface area is 146 Å². The van der Waals surface area contributed by atoms with Crippen LogP contribution in [0.15, 0.2) is 30.6 Å². The van der Waals surface area contributed by atoms with E-state index in [0.717, 1.165) is 24.7 Å². The molecule has 0 atom stereocenters.